The maximum absolute atomic E-state index is 12.6. The van der Waals surface area contributed by atoms with Crippen LogP contribution in [0.3, 0.4) is 0 Å². The van der Waals surface area contributed by atoms with E-state index in [2.05, 4.69) is 25.5 Å². The third-order valence-electron chi connectivity index (χ3n) is 4.16. The lowest BCUT2D eigenvalue weighted by atomic mass is 10.1. The Morgan fingerprint density at radius 1 is 0.927 bits per heavy atom. The maximum Gasteiger partial charge on any atom is 0.490 e. The van der Waals surface area contributed by atoms with Gasteiger partial charge in [0.05, 0.1) is 18.7 Å². The summed E-state index contributed by atoms with van der Waals surface area (Å²) in [6.45, 7) is 10.0. The van der Waals surface area contributed by atoms with Gasteiger partial charge in [-0.05, 0) is 39.7 Å². The highest BCUT2D eigenvalue weighted by Gasteiger charge is 2.39. The number of ether oxygens (including phenoxy) is 2. The second kappa shape index (κ2) is 15.6. The van der Waals surface area contributed by atoms with Crippen LogP contribution < -0.4 is 5.32 Å². The lowest BCUT2D eigenvalue weighted by Gasteiger charge is -2.19. The normalized spacial score (nSPS) is 11.4. The minimum Gasteiger partial charge on any atom is -0.475 e. The molecule has 232 valence electrons. The third kappa shape index (κ3) is 13.6. The highest BCUT2D eigenvalue weighted by atomic mass is 19.4. The predicted molar refractivity (Wildman–Crippen MR) is 126 cm³/mol. The molecule has 5 N–H and O–H groups in total. The predicted octanol–water partition coefficient (Wildman–Crippen LogP) is 3.38. The topological polar surface area (TPSA) is 197 Å². The molecule has 0 radical (unpaired) electrons. The molecular weight excluding hydrogens is 576 g/mol. The molecule has 0 aliphatic heterocycles. The van der Waals surface area contributed by atoms with Gasteiger partial charge in [-0.15, -0.1) is 0 Å². The summed E-state index contributed by atoms with van der Waals surface area (Å²) < 4.78 is 74.1. The van der Waals surface area contributed by atoms with E-state index >= 15 is 0 Å². The van der Waals surface area contributed by atoms with Crippen molar-refractivity contribution < 1.29 is 65.2 Å². The zero-order valence-corrected chi connectivity index (χ0v) is 22.4. The monoisotopic (exact) mass is 605 g/mol. The molecule has 0 atom stereocenters. The van der Waals surface area contributed by atoms with E-state index in [1.807, 2.05) is 6.92 Å². The minimum absolute atomic E-state index is 0.250. The van der Waals surface area contributed by atoms with Gasteiger partial charge in [-0.25, -0.2) is 24.2 Å². The van der Waals surface area contributed by atoms with Crippen molar-refractivity contribution in [1.29, 1.82) is 0 Å². The molecule has 0 saturated carbocycles. The molecule has 0 unspecified atom stereocenters. The van der Waals surface area contributed by atoms with Crippen LogP contribution >= 0.6 is 0 Å². The van der Waals surface area contributed by atoms with Crippen molar-refractivity contribution in [1.82, 2.24) is 25.5 Å². The molecule has 0 aliphatic carbocycles. The molecule has 0 aromatic carbocycles. The maximum atomic E-state index is 12.6. The van der Waals surface area contributed by atoms with Crippen LogP contribution in [0, 0.1) is 0 Å². The van der Waals surface area contributed by atoms with Crippen LogP contribution in [0.4, 0.5) is 26.3 Å². The summed E-state index contributed by atoms with van der Waals surface area (Å²) in [4.78, 5) is 50.0. The fraction of sp³-hybridized carbons (Fsp3) is 0.545. The number of esters is 2. The molecule has 2 aromatic rings. The molecule has 19 heteroatoms. The van der Waals surface area contributed by atoms with Gasteiger partial charge >= 0.3 is 36.2 Å². The molecule has 2 heterocycles. The first-order valence-corrected chi connectivity index (χ1v) is 11.4. The van der Waals surface area contributed by atoms with Gasteiger partial charge in [-0.3, -0.25) is 5.10 Å². The Bertz CT molecular complexity index is 1130. The number of nitrogens with one attached hydrogen (secondary N) is 3. The smallest absolute Gasteiger partial charge is 0.475 e. The first-order valence-electron chi connectivity index (χ1n) is 11.4. The SMILES string of the molecule is CCOC(=O)c1c(CNCc2ncn[nH]2)[nH]c(C(=O)OC(C)(C)C)c1CC.O=C(O)C(F)(F)F.O=C(O)C(F)(F)F. The number of carboxylic acid groups (broad SMARTS) is 2. The first kappa shape index (κ1) is 36.8. The van der Waals surface area contributed by atoms with Crippen LogP contribution in [0.1, 0.15) is 72.5 Å². The molecule has 13 nitrogen and oxygen atoms in total. The Labute approximate surface area is 228 Å². The number of carbonyl (C=O) groups is 4. The molecule has 2 aromatic heterocycles. The number of aromatic nitrogens is 4. The number of rotatable bonds is 8. The molecular formula is C22H29F6N5O8. The van der Waals surface area contributed by atoms with Crippen molar-refractivity contribution in [2.75, 3.05) is 6.61 Å². The summed E-state index contributed by atoms with van der Waals surface area (Å²) >= 11 is 0. The molecule has 2 rings (SSSR count). The summed E-state index contributed by atoms with van der Waals surface area (Å²) in [6.07, 6.45) is -8.26. The highest BCUT2D eigenvalue weighted by molar-refractivity contribution is 5.99. The molecule has 41 heavy (non-hydrogen) atoms. The Morgan fingerprint density at radius 3 is 1.80 bits per heavy atom. The third-order valence-corrected chi connectivity index (χ3v) is 4.16. The van der Waals surface area contributed by atoms with Gasteiger partial charge in [0.25, 0.3) is 0 Å². The van der Waals surface area contributed by atoms with Gasteiger partial charge in [0, 0.05) is 12.2 Å². The molecule has 0 aliphatic rings. The molecule has 0 spiro atoms. The van der Waals surface area contributed by atoms with Gasteiger partial charge in [-0.1, -0.05) is 6.92 Å². The molecule has 0 saturated heterocycles. The number of halogens is 6. The lowest BCUT2D eigenvalue weighted by molar-refractivity contribution is -0.193. The van der Waals surface area contributed by atoms with Crippen molar-refractivity contribution in [2.24, 2.45) is 0 Å². The van der Waals surface area contributed by atoms with E-state index in [0.29, 0.717) is 42.2 Å². The van der Waals surface area contributed by atoms with Gasteiger partial charge in [0.2, 0.25) is 0 Å². The van der Waals surface area contributed by atoms with Crippen molar-refractivity contribution in [2.45, 2.75) is 72.1 Å². The average Bonchev–Trinajstić information content (AvgIpc) is 3.45. The molecule has 0 amide bonds. The van der Waals surface area contributed by atoms with Gasteiger partial charge in [0.1, 0.15) is 23.4 Å². The summed E-state index contributed by atoms with van der Waals surface area (Å²) in [5, 5.41) is 24.0. The number of H-pyrrole nitrogens is 2. The van der Waals surface area contributed by atoms with Gasteiger partial charge < -0.3 is 30.0 Å². The van der Waals surface area contributed by atoms with Crippen LogP contribution in [0.2, 0.25) is 0 Å². The quantitative estimate of drug-likeness (QED) is 0.218. The van der Waals surface area contributed by atoms with Crippen molar-refractivity contribution in [3.8, 4) is 0 Å². The van der Waals surface area contributed by atoms with Gasteiger partial charge in [0.15, 0.2) is 0 Å². The number of hydrogen-bond donors (Lipinski definition) is 5. The Balaban J connectivity index is 0.000000941. The zero-order valence-electron chi connectivity index (χ0n) is 22.4. The van der Waals surface area contributed by atoms with E-state index in [0.717, 1.165) is 0 Å². The summed E-state index contributed by atoms with van der Waals surface area (Å²) in [6, 6.07) is 0. The Kier molecular flexibility index (Phi) is 14.0. The van der Waals surface area contributed by atoms with E-state index in [-0.39, 0.29) is 12.3 Å². The van der Waals surface area contributed by atoms with E-state index in [4.69, 9.17) is 29.3 Å². The van der Waals surface area contributed by atoms with Crippen LogP contribution in [-0.4, -0.2) is 78.8 Å². The van der Waals surface area contributed by atoms with Crippen molar-refractivity contribution >= 4 is 23.9 Å². The van der Waals surface area contributed by atoms with Crippen molar-refractivity contribution in [3.05, 3.63) is 34.7 Å². The second-order valence-electron chi connectivity index (χ2n) is 8.55. The standard InChI is InChI=1S/C18H27N5O4.2C2HF3O2/c1-6-11-14(16(24)26-7-2)12(8-19-9-13-20-10-21-23-13)22-15(11)17(25)27-18(3,4)5;2*3-2(4,5)1(6)7/h10,19,22H,6-9H2,1-5H3,(H,20,21,23);2*(H,6,7). The highest BCUT2D eigenvalue weighted by Crippen LogP contribution is 2.24. The largest absolute Gasteiger partial charge is 0.490 e. The zero-order chi connectivity index (χ0) is 32.2. The number of aromatic amines is 2. The fourth-order valence-corrected chi connectivity index (χ4v) is 2.66. The van der Waals surface area contributed by atoms with E-state index < -0.39 is 41.8 Å². The van der Waals surface area contributed by atoms with Crippen LogP contribution in [0.25, 0.3) is 0 Å². The van der Waals surface area contributed by atoms with E-state index in [9.17, 15) is 35.9 Å². The van der Waals surface area contributed by atoms with Crippen LogP contribution in [-0.2, 0) is 38.6 Å². The minimum atomic E-state index is -5.08. The van der Waals surface area contributed by atoms with Crippen LogP contribution in [0.5, 0.6) is 0 Å². The number of alkyl halides is 6. The van der Waals surface area contributed by atoms with E-state index in [1.54, 1.807) is 27.7 Å². The van der Waals surface area contributed by atoms with Crippen LogP contribution in [0.15, 0.2) is 6.33 Å². The fourth-order valence-electron chi connectivity index (χ4n) is 2.66. The number of carbonyl (C=O) groups excluding carboxylic acids is 2. The Morgan fingerprint density at radius 2 is 1.44 bits per heavy atom. The Hall–Kier alpha value is -4.16. The van der Waals surface area contributed by atoms with E-state index in [1.165, 1.54) is 6.33 Å². The number of carboxylic acids is 2. The number of aliphatic carboxylic acids is 2. The number of nitrogens with zero attached hydrogens (tertiary/aromatic N) is 2. The average molecular weight is 605 g/mol. The van der Waals surface area contributed by atoms with Gasteiger partial charge in [-0.2, -0.15) is 31.4 Å². The summed E-state index contributed by atoms with van der Waals surface area (Å²) in [7, 11) is 0. The molecule has 0 bridgehead atoms. The second-order valence-corrected chi connectivity index (χ2v) is 8.55. The summed E-state index contributed by atoms with van der Waals surface area (Å²) in [5.41, 5.74) is 1.20. The first-order chi connectivity index (χ1) is 18.7. The molecule has 0 fully saturated rings. The number of hydrogen-bond acceptors (Lipinski definition) is 9. The summed E-state index contributed by atoms with van der Waals surface area (Å²) in [5.74, 6) is -5.80. The lowest BCUT2D eigenvalue weighted by Crippen LogP contribution is -2.24. The van der Waals surface area contributed by atoms with Crippen molar-refractivity contribution in [3.63, 3.8) is 0 Å².